The van der Waals surface area contributed by atoms with Gasteiger partial charge in [0.25, 0.3) is 5.69 Å². The number of hydrogen-bond acceptors (Lipinski definition) is 7. The van der Waals surface area contributed by atoms with E-state index in [4.69, 9.17) is 4.74 Å². The first-order valence-electron chi connectivity index (χ1n) is 10.5. The van der Waals surface area contributed by atoms with Gasteiger partial charge >= 0.3 is 0 Å². The Kier molecular flexibility index (Phi) is 8.05. The lowest BCUT2D eigenvalue weighted by molar-refractivity contribution is -0.385. The van der Waals surface area contributed by atoms with Crippen LogP contribution in [0.15, 0.2) is 41.6 Å². The van der Waals surface area contributed by atoms with Gasteiger partial charge in [-0.3, -0.25) is 14.9 Å². The Morgan fingerprint density at radius 1 is 1.15 bits per heavy atom. The van der Waals surface area contributed by atoms with Crippen LogP contribution in [0.5, 0.6) is 5.75 Å². The zero-order valence-corrected chi connectivity index (χ0v) is 19.9. The quantitative estimate of drug-likeness (QED) is 0.268. The third-order valence-electron chi connectivity index (χ3n) is 5.27. The van der Waals surface area contributed by atoms with Crippen molar-refractivity contribution in [1.29, 1.82) is 0 Å². The van der Waals surface area contributed by atoms with E-state index >= 15 is 0 Å². The second-order valence-electron chi connectivity index (χ2n) is 7.71. The van der Waals surface area contributed by atoms with E-state index in [-0.39, 0.29) is 17.3 Å². The fraction of sp³-hybridized carbons (Fsp3) is 0.348. The SMILES string of the molecule is COc1ccc(CCCc2nnc(SCC(=O)Nc3ccc(C)c([N+](=O)[O-])c3)n2C)cc1C. The number of hydrogen-bond donors (Lipinski definition) is 1. The first-order chi connectivity index (χ1) is 15.8. The Labute approximate surface area is 196 Å². The Morgan fingerprint density at radius 3 is 2.64 bits per heavy atom. The molecule has 0 bridgehead atoms. The highest BCUT2D eigenvalue weighted by atomic mass is 32.2. The normalized spacial score (nSPS) is 10.8. The molecular formula is C23H27N5O4S. The van der Waals surface area contributed by atoms with E-state index in [0.717, 1.165) is 36.4 Å². The van der Waals surface area contributed by atoms with Gasteiger partial charge in [0, 0.05) is 30.8 Å². The Balaban J connectivity index is 1.50. The number of methoxy groups -OCH3 is 1. The van der Waals surface area contributed by atoms with Crippen molar-refractivity contribution < 1.29 is 14.5 Å². The standard InChI is InChI=1S/C23H27N5O4S/c1-15-8-10-18(13-19(15)28(30)31)24-22(29)14-33-23-26-25-21(27(23)3)7-5-6-17-9-11-20(32-4)16(2)12-17/h8-13H,5-7,14H2,1-4H3,(H,24,29). The van der Waals surface area contributed by atoms with Crippen LogP contribution in [0.25, 0.3) is 0 Å². The van der Waals surface area contributed by atoms with Gasteiger partial charge in [-0.05, 0) is 49.9 Å². The molecule has 33 heavy (non-hydrogen) atoms. The minimum atomic E-state index is -0.462. The molecule has 1 N–H and O–H groups in total. The van der Waals surface area contributed by atoms with Crippen molar-refractivity contribution in [2.24, 2.45) is 7.05 Å². The molecule has 0 saturated carbocycles. The first-order valence-corrected chi connectivity index (χ1v) is 11.5. The monoisotopic (exact) mass is 469 g/mol. The number of thioether (sulfide) groups is 1. The van der Waals surface area contributed by atoms with Gasteiger partial charge in [0.15, 0.2) is 5.16 Å². The number of nitro benzene ring substituents is 1. The number of rotatable bonds is 10. The van der Waals surface area contributed by atoms with Gasteiger partial charge in [0.1, 0.15) is 11.6 Å². The molecule has 0 unspecified atom stereocenters. The summed E-state index contributed by atoms with van der Waals surface area (Å²) in [6.07, 6.45) is 2.62. The van der Waals surface area contributed by atoms with E-state index in [1.54, 1.807) is 26.2 Å². The van der Waals surface area contributed by atoms with Crippen molar-refractivity contribution in [3.63, 3.8) is 0 Å². The molecule has 1 heterocycles. The van der Waals surface area contributed by atoms with Crippen molar-refractivity contribution in [2.45, 2.75) is 38.3 Å². The second kappa shape index (κ2) is 11.0. The number of anilines is 1. The van der Waals surface area contributed by atoms with Crippen molar-refractivity contribution in [3.05, 3.63) is 69.0 Å². The van der Waals surface area contributed by atoms with Crippen molar-refractivity contribution in [2.75, 3.05) is 18.2 Å². The van der Waals surface area contributed by atoms with Crippen LogP contribution in [0.2, 0.25) is 0 Å². The Hall–Kier alpha value is -3.40. The lowest BCUT2D eigenvalue weighted by Gasteiger charge is -2.08. The van der Waals surface area contributed by atoms with Crippen LogP contribution < -0.4 is 10.1 Å². The molecule has 0 spiro atoms. The second-order valence-corrected chi connectivity index (χ2v) is 8.65. The number of benzene rings is 2. The average Bonchev–Trinajstić information content (AvgIpc) is 3.13. The van der Waals surface area contributed by atoms with Crippen LogP contribution in [0.4, 0.5) is 11.4 Å². The third-order valence-corrected chi connectivity index (χ3v) is 6.29. The van der Waals surface area contributed by atoms with Crippen LogP contribution in [0, 0.1) is 24.0 Å². The van der Waals surface area contributed by atoms with Crippen molar-refractivity contribution >= 4 is 29.0 Å². The highest BCUT2D eigenvalue weighted by molar-refractivity contribution is 7.99. The molecule has 3 rings (SSSR count). The first kappa shape index (κ1) is 24.2. The summed E-state index contributed by atoms with van der Waals surface area (Å²) in [7, 11) is 3.56. The number of ether oxygens (including phenoxy) is 1. The number of nitrogens with zero attached hydrogens (tertiary/aromatic N) is 4. The van der Waals surface area contributed by atoms with Gasteiger partial charge in [0.05, 0.1) is 17.8 Å². The summed E-state index contributed by atoms with van der Waals surface area (Å²) in [6.45, 7) is 3.69. The molecule has 2 aromatic carbocycles. The number of aromatic nitrogens is 3. The zero-order chi connectivity index (χ0) is 24.0. The smallest absolute Gasteiger partial charge is 0.274 e. The molecule has 0 saturated heterocycles. The molecule has 0 aliphatic heterocycles. The topological polar surface area (TPSA) is 112 Å². The summed E-state index contributed by atoms with van der Waals surface area (Å²) >= 11 is 1.27. The summed E-state index contributed by atoms with van der Waals surface area (Å²) < 4.78 is 7.20. The predicted molar refractivity (Wildman–Crippen MR) is 128 cm³/mol. The molecule has 0 atom stereocenters. The van der Waals surface area contributed by atoms with Gasteiger partial charge in [0.2, 0.25) is 5.91 Å². The molecule has 0 aliphatic carbocycles. The maximum absolute atomic E-state index is 12.3. The number of carbonyl (C=O) groups is 1. The molecule has 0 radical (unpaired) electrons. The summed E-state index contributed by atoms with van der Waals surface area (Å²) in [5, 5.41) is 22.9. The predicted octanol–water partition coefficient (Wildman–Crippen LogP) is 4.25. The average molecular weight is 470 g/mol. The third kappa shape index (κ3) is 6.32. The molecule has 1 aromatic heterocycles. The number of aryl methyl sites for hydroxylation is 4. The van der Waals surface area contributed by atoms with E-state index in [0.29, 0.717) is 16.4 Å². The fourth-order valence-electron chi connectivity index (χ4n) is 3.45. The molecule has 9 nitrogen and oxygen atoms in total. The van der Waals surface area contributed by atoms with Crippen molar-refractivity contribution in [1.82, 2.24) is 14.8 Å². The van der Waals surface area contributed by atoms with E-state index < -0.39 is 4.92 Å². The summed E-state index contributed by atoms with van der Waals surface area (Å²) in [4.78, 5) is 22.9. The molecule has 3 aromatic rings. The number of amides is 1. The van der Waals surface area contributed by atoms with E-state index in [2.05, 4.69) is 27.6 Å². The highest BCUT2D eigenvalue weighted by Crippen LogP contribution is 2.23. The summed E-state index contributed by atoms with van der Waals surface area (Å²) in [5.41, 5.74) is 3.28. The molecule has 174 valence electrons. The maximum atomic E-state index is 12.3. The van der Waals surface area contributed by atoms with E-state index in [9.17, 15) is 14.9 Å². The number of nitro groups is 1. The molecule has 10 heteroatoms. The minimum Gasteiger partial charge on any atom is -0.496 e. The van der Waals surface area contributed by atoms with Gasteiger partial charge < -0.3 is 14.6 Å². The van der Waals surface area contributed by atoms with Gasteiger partial charge in [-0.2, -0.15) is 0 Å². The van der Waals surface area contributed by atoms with E-state index in [1.807, 2.05) is 24.6 Å². The lowest BCUT2D eigenvalue weighted by Crippen LogP contribution is -2.14. The minimum absolute atomic E-state index is 0.0248. The van der Waals surface area contributed by atoms with Crippen LogP contribution in [-0.2, 0) is 24.7 Å². The Morgan fingerprint density at radius 2 is 1.94 bits per heavy atom. The summed E-state index contributed by atoms with van der Waals surface area (Å²) in [6, 6.07) is 10.8. The number of nitrogens with one attached hydrogen (secondary N) is 1. The zero-order valence-electron chi connectivity index (χ0n) is 19.1. The summed E-state index contributed by atoms with van der Waals surface area (Å²) in [5.74, 6) is 1.60. The van der Waals surface area contributed by atoms with E-state index in [1.165, 1.54) is 23.4 Å². The van der Waals surface area contributed by atoms with Crippen LogP contribution in [0.1, 0.15) is 28.9 Å². The lowest BCUT2D eigenvalue weighted by atomic mass is 10.0. The fourth-order valence-corrected chi connectivity index (χ4v) is 4.18. The van der Waals surface area contributed by atoms with Crippen molar-refractivity contribution in [3.8, 4) is 5.75 Å². The molecular weight excluding hydrogens is 442 g/mol. The van der Waals surface area contributed by atoms with Crippen LogP contribution in [-0.4, -0.2) is 38.5 Å². The van der Waals surface area contributed by atoms with Gasteiger partial charge in [-0.15, -0.1) is 10.2 Å². The molecule has 0 aliphatic rings. The van der Waals surface area contributed by atoms with Gasteiger partial charge in [-0.25, -0.2) is 0 Å². The maximum Gasteiger partial charge on any atom is 0.274 e. The van der Waals surface area contributed by atoms with Gasteiger partial charge in [-0.1, -0.05) is 30.0 Å². The molecule has 1 amide bonds. The Bertz CT molecular complexity index is 1160. The molecule has 0 fully saturated rings. The van der Waals surface area contributed by atoms with Crippen LogP contribution >= 0.6 is 11.8 Å². The van der Waals surface area contributed by atoms with Crippen LogP contribution in [0.3, 0.4) is 0 Å². The number of carbonyl (C=O) groups excluding carboxylic acids is 1. The highest BCUT2D eigenvalue weighted by Gasteiger charge is 2.14. The largest absolute Gasteiger partial charge is 0.496 e.